The Labute approximate surface area is 145 Å². The zero-order chi connectivity index (χ0) is 17.4. The van der Waals surface area contributed by atoms with E-state index in [0.29, 0.717) is 37.5 Å². The molecule has 25 heavy (non-hydrogen) atoms. The van der Waals surface area contributed by atoms with Crippen molar-refractivity contribution in [2.45, 2.75) is 37.1 Å². The van der Waals surface area contributed by atoms with Crippen LogP contribution in [0.1, 0.15) is 30.4 Å². The maximum Gasteiger partial charge on any atom is 0.407 e. The number of nitrogens with one attached hydrogen (secondary N) is 1. The zero-order valence-corrected chi connectivity index (χ0v) is 14.2. The largest absolute Gasteiger partial charge is 0.447 e. The van der Waals surface area contributed by atoms with Crippen molar-refractivity contribution >= 4 is 12.0 Å². The minimum absolute atomic E-state index is 0.0358. The number of ether oxygens (including phenoxy) is 1. The van der Waals surface area contributed by atoms with Gasteiger partial charge in [-0.05, 0) is 49.3 Å². The normalized spacial score (nSPS) is 38.2. The van der Waals surface area contributed by atoms with Crippen molar-refractivity contribution in [1.29, 1.82) is 0 Å². The summed E-state index contributed by atoms with van der Waals surface area (Å²) in [5.74, 6) is 0.416. The van der Waals surface area contributed by atoms with Crippen molar-refractivity contribution in [3.63, 3.8) is 0 Å². The van der Waals surface area contributed by atoms with E-state index in [-0.39, 0.29) is 34.7 Å². The lowest BCUT2D eigenvalue weighted by molar-refractivity contribution is -0.140. The number of cyclic esters (lactones) is 1. The molecule has 2 atom stereocenters. The lowest BCUT2D eigenvalue weighted by Crippen LogP contribution is -2.58. The van der Waals surface area contributed by atoms with Gasteiger partial charge in [-0.1, -0.05) is 12.1 Å². The first-order valence-corrected chi connectivity index (χ1v) is 8.91. The number of alkyl carbamates (subject to hydrolysis) is 1. The van der Waals surface area contributed by atoms with Crippen LogP contribution in [0.15, 0.2) is 18.2 Å². The Hall–Kier alpha value is -2.11. The van der Waals surface area contributed by atoms with Crippen LogP contribution >= 0.6 is 0 Å². The number of hydrogen-bond donors (Lipinski definition) is 1. The van der Waals surface area contributed by atoms with Gasteiger partial charge in [0, 0.05) is 24.4 Å². The predicted octanol–water partition coefficient (Wildman–Crippen LogP) is 2.12. The maximum absolute atomic E-state index is 13.9. The Morgan fingerprint density at radius 3 is 2.84 bits per heavy atom. The summed E-state index contributed by atoms with van der Waals surface area (Å²) in [6, 6.07) is 5.49. The van der Waals surface area contributed by atoms with Crippen molar-refractivity contribution in [3.05, 3.63) is 35.1 Å². The van der Waals surface area contributed by atoms with Crippen molar-refractivity contribution in [3.8, 4) is 0 Å². The molecule has 1 aromatic rings. The summed E-state index contributed by atoms with van der Waals surface area (Å²) in [5.41, 5.74) is 1.31. The predicted molar refractivity (Wildman–Crippen MR) is 87.4 cm³/mol. The second kappa shape index (κ2) is 4.74. The summed E-state index contributed by atoms with van der Waals surface area (Å²) in [7, 11) is 0. The van der Waals surface area contributed by atoms with Gasteiger partial charge in [-0.3, -0.25) is 4.79 Å². The number of likely N-dealkylation sites (tertiary alicyclic amines) is 1. The van der Waals surface area contributed by atoms with E-state index < -0.39 is 0 Å². The van der Waals surface area contributed by atoms with Gasteiger partial charge in [0.15, 0.2) is 0 Å². The Morgan fingerprint density at radius 1 is 1.36 bits per heavy atom. The molecule has 5 rings (SSSR count). The molecule has 1 aromatic carbocycles. The molecule has 2 saturated carbocycles. The first kappa shape index (κ1) is 15.2. The van der Waals surface area contributed by atoms with Crippen LogP contribution in [-0.4, -0.2) is 42.1 Å². The number of amides is 2. The molecule has 5 nitrogen and oxygen atoms in total. The minimum Gasteiger partial charge on any atom is -0.447 e. The summed E-state index contributed by atoms with van der Waals surface area (Å²) >= 11 is 0. The van der Waals surface area contributed by atoms with E-state index >= 15 is 0 Å². The highest BCUT2D eigenvalue weighted by Crippen LogP contribution is 2.59. The summed E-state index contributed by atoms with van der Waals surface area (Å²) in [5, 5.41) is 2.83. The SMILES string of the molecule is Cc1ccc(C23CC2CN(C(=O)C2CC4(COC(=O)N4)C2)C3)cc1F. The van der Waals surface area contributed by atoms with Crippen LogP contribution in [0.3, 0.4) is 0 Å². The van der Waals surface area contributed by atoms with Crippen molar-refractivity contribution < 1.29 is 18.7 Å². The van der Waals surface area contributed by atoms with Crippen LogP contribution in [-0.2, 0) is 14.9 Å². The van der Waals surface area contributed by atoms with Crippen molar-refractivity contribution in [1.82, 2.24) is 10.2 Å². The Bertz CT molecular complexity index is 789. The number of piperidine rings is 1. The van der Waals surface area contributed by atoms with E-state index in [2.05, 4.69) is 5.32 Å². The number of halogens is 1. The highest BCUT2D eigenvalue weighted by atomic mass is 19.1. The summed E-state index contributed by atoms with van der Waals surface area (Å²) in [6.07, 6.45) is 1.97. The smallest absolute Gasteiger partial charge is 0.407 e. The van der Waals surface area contributed by atoms with Crippen LogP contribution in [0.2, 0.25) is 0 Å². The Morgan fingerprint density at radius 2 is 2.16 bits per heavy atom. The van der Waals surface area contributed by atoms with Gasteiger partial charge in [0.05, 0.1) is 5.54 Å². The van der Waals surface area contributed by atoms with Crippen LogP contribution in [0, 0.1) is 24.6 Å². The van der Waals surface area contributed by atoms with Crippen LogP contribution < -0.4 is 5.32 Å². The molecule has 0 aromatic heterocycles. The van der Waals surface area contributed by atoms with E-state index in [1.165, 1.54) is 0 Å². The second-order valence-electron chi connectivity index (χ2n) is 8.33. The molecule has 2 aliphatic heterocycles. The molecule has 2 aliphatic carbocycles. The fourth-order valence-corrected chi connectivity index (χ4v) is 5.03. The lowest BCUT2D eigenvalue weighted by Gasteiger charge is -2.43. The van der Waals surface area contributed by atoms with E-state index in [1.807, 2.05) is 17.0 Å². The van der Waals surface area contributed by atoms with E-state index in [9.17, 15) is 14.0 Å². The summed E-state index contributed by atoms with van der Waals surface area (Å²) in [6.45, 7) is 3.58. The minimum atomic E-state index is -0.381. The number of aryl methyl sites for hydroxylation is 1. The number of hydrogen-bond acceptors (Lipinski definition) is 3. The Kier molecular flexibility index (Phi) is 2.88. The third kappa shape index (κ3) is 2.12. The fourth-order valence-electron chi connectivity index (χ4n) is 5.03. The third-order valence-electron chi connectivity index (χ3n) is 6.67. The third-order valence-corrected chi connectivity index (χ3v) is 6.67. The maximum atomic E-state index is 13.9. The summed E-state index contributed by atoms with van der Waals surface area (Å²) < 4.78 is 18.9. The van der Waals surface area contributed by atoms with Gasteiger partial charge >= 0.3 is 6.09 Å². The van der Waals surface area contributed by atoms with Gasteiger partial charge in [-0.2, -0.15) is 0 Å². The second-order valence-corrected chi connectivity index (χ2v) is 8.33. The molecule has 0 radical (unpaired) electrons. The standard InChI is InChI=1S/C19H21FN2O3/c1-11-2-3-13(4-15(11)20)19-7-14(19)8-22(9-19)16(23)12-5-18(6-12)10-25-17(24)21-18/h2-4,12,14H,5-10H2,1H3,(H,21,24). The molecule has 2 amide bonds. The van der Waals surface area contributed by atoms with E-state index in [1.54, 1.807) is 13.0 Å². The summed E-state index contributed by atoms with van der Waals surface area (Å²) in [4.78, 5) is 26.0. The number of fused-ring (bicyclic) bond motifs is 1. The number of carbonyl (C=O) groups is 2. The van der Waals surface area contributed by atoms with Gasteiger partial charge in [0.1, 0.15) is 12.4 Å². The topological polar surface area (TPSA) is 58.6 Å². The highest BCUT2D eigenvalue weighted by molar-refractivity contribution is 5.82. The van der Waals surface area contributed by atoms with E-state index in [0.717, 1.165) is 18.5 Å². The average molecular weight is 344 g/mol. The molecule has 6 heteroatoms. The number of carbonyl (C=O) groups excluding carboxylic acids is 2. The van der Waals surface area contributed by atoms with Crippen molar-refractivity contribution in [2.24, 2.45) is 11.8 Å². The number of rotatable bonds is 2. The van der Waals surface area contributed by atoms with Gasteiger partial charge < -0.3 is 15.0 Å². The van der Waals surface area contributed by atoms with E-state index in [4.69, 9.17) is 4.74 Å². The molecule has 2 heterocycles. The number of nitrogens with zero attached hydrogens (tertiary/aromatic N) is 1. The van der Waals surface area contributed by atoms with Gasteiger partial charge in [-0.25, -0.2) is 9.18 Å². The molecule has 132 valence electrons. The first-order chi connectivity index (χ1) is 11.9. The monoisotopic (exact) mass is 344 g/mol. The van der Waals surface area contributed by atoms with Gasteiger partial charge in [-0.15, -0.1) is 0 Å². The Balaban J connectivity index is 1.26. The molecule has 4 fully saturated rings. The van der Waals surface area contributed by atoms with Crippen LogP contribution in [0.4, 0.5) is 9.18 Å². The molecular formula is C19H21FN2O3. The van der Waals surface area contributed by atoms with Gasteiger partial charge in [0.25, 0.3) is 0 Å². The molecule has 4 aliphatic rings. The molecule has 2 unspecified atom stereocenters. The molecule has 1 spiro atoms. The molecule has 0 bridgehead atoms. The average Bonchev–Trinajstić information content (AvgIpc) is 2.91. The quantitative estimate of drug-likeness (QED) is 0.894. The zero-order valence-electron chi connectivity index (χ0n) is 14.2. The highest BCUT2D eigenvalue weighted by Gasteiger charge is 2.63. The molecular weight excluding hydrogens is 323 g/mol. The molecule has 1 N–H and O–H groups in total. The first-order valence-electron chi connectivity index (χ1n) is 8.91. The van der Waals surface area contributed by atoms with Gasteiger partial charge in [0.2, 0.25) is 5.91 Å². The van der Waals surface area contributed by atoms with Crippen LogP contribution in [0.5, 0.6) is 0 Å². The number of benzene rings is 1. The van der Waals surface area contributed by atoms with Crippen molar-refractivity contribution in [2.75, 3.05) is 19.7 Å². The molecule has 2 saturated heterocycles. The lowest BCUT2D eigenvalue weighted by atomic mass is 9.68. The van der Waals surface area contributed by atoms with Crippen LogP contribution in [0.25, 0.3) is 0 Å². The fraction of sp³-hybridized carbons (Fsp3) is 0.579.